The van der Waals surface area contributed by atoms with Crippen molar-refractivity contribution >= 4 is 12.1 Å². The molecule has 4 atom stereocenters. The van der Waals surface area contributed by atoms with E-state index in [1.54, 1.807) is 20.8 Å². The molecule has 1 heterocycles. The Kier molecular flexibility index (Phi) is 3.01. The predicted octanol–water partition coefficient (Wildman–Crippen LogP) is 0.796. The number of carbonyl (C=O) groups is 2. The van der Waals surface area contributed by atoms with Crippen LogP contribution in [-0.2, 0) is 9.53 Å². The average molecular weight is 256 g/mol. The van der Waals surface area contributed by atoms with Crippen molar-refractivity contribution < 1.29 is 19.4 Å². The van der Waals surface area contributed by atoms with Crippen LogP contribution >= 0.6 is 0 Å². The van der Waals surface area contributed by atoms with Gasteiger partial charge in [0.2, 0.25) is 0 Å². The molecule has 0 aromatic rings. The lowest BCUT2D eigenvalue weighted by Gasteiger charge is -2.36. The summed E-state index contributed by atoms with van der Waals surface area (Å²) in [7, 11) is 0. The maximum absolute atomic E-state index is 12.1. The van der Waals surface area contributed by atoms with Gasteiger partial charge in [0.25, 0.3) is 0 Å². The first kappa shape index (κ1) is 13.1. The van der Waals surface area contributed by atoms with Gasteiger partial charge >= 0.3 is 12.1 Å². The van der Waals surface area contributed by atoms with E-state index in [-0.39, 0.29) is 18.0 Å². The van der Waals surface area contributed by atoms with Gasteiger partial charge in [0.15, 0.2) is 0 Å². The van der Waals surface area contributed by atoms with Gasteiger partial charge in [0, 0.05) is 6.04 Å². The van der Waals surface area contributed by atoms with Crippen LogP contribution in [0.4, 0.5) is 4.79 Å². The molecule has 0 aromatic carbocycles. The van der Waals surface area contributed by atoms with Crippen LogP contribution in [0.2, 0.25) is 0 Å². The standard InChI is InChI=1S/C12H20N2O4/c1-12(2,3)18-11(17)14-8-5-6(4-7(8)13)9(14)10(15)16/h6-9H,4-5,13H2,1-3H3,(H,15,16)/t6-,7-,8-,9+/m1/s1. The fourth-order valence-electron chi connectivity index (χ4n) is 2.98. The highest BCUT2D eigenvalue weighted by Gasteiger charge is 2.55. The van der Waals surface area contributed by atoms with Gasteiger partial charge in [0.1, 0.15) is 11.6 Å². The fourth-order valence-corrected chi connectivity index (χ4v) is 2.98. The number of fused-ring (bicyclic) bond motifs is 2. The molecule has 3 N–H and O–H groups in total. The van der Waals surface area contributed by atoms with E-state index in [4.69, 9.17) is 10.5 Å². The van der Waals surface area contributed by atoms with Gasteiger partial charge in [-0.2, -0.15) is 0 Å². The Bertz CT molecular complexity index is 377. The second-order valence-electron chi connectivity index (χ2n) is 6.13. The summed E-state index contributed by atoms with van der Waals surface area (Å²) in [5.74, 6) is -1.02. The molecule has 2 fully saturated rings. The number of likely N-dealkylation sites (tertiary alicyclic amines) is 1. The van der Waals surface area contributed by atoms with Gasteiger partial charge in [-0.1, -0.05) is 0 Å². The third kappa shape index (κ3) is 2.16. The number of carboxylic acids is 1. The number of hydrogen-bond donors (Lipinski definition) is 2. The molecule has 0 unspecified atom stereocenters. The van der Waals surface area contributed by atoms with Crippen LogP contribution in [-0.4, -0.2) is 45.8 Å². The smallest absolute Gasteiger partial charge is 0.411 e. The predicted molar refractivity (Wildman–Crippen MR) is 64.0 cm³/mol. The molecule has 0 spiro atoms. The molecule has 0 aromatic heterocycles. The number of carbonyl (C=O) groups excluding carboxylic acids is 1. The van der Waals surface area contributed by atoms with Crippen LogP contribution in [0.3, 0.4) is 0 Å². The number of aliphatic carboxylic acids is 1. The maximum atomic E-state index is 12.1. The monoisotopic (exact) mass is 256 g/mol. The van der Waals surface area contributed by atoms with Crippen molar-refractivity contribution in [3.05, 3.63) is 0 Å². The molecule has 1 amide bonds. The van der Waals surface area contributed by atoms with E-state index in [2.05, 4.69) is 0 Å². The summed E-state index contributed by atoms with van der Waals surface area (Å²) in [4.78, 5) is 24.7. The lowest BCUT2D eigenvalue weighted by atomic mass is 9.97. The van der Waals surface area contributed by atoms with E-state index in [9.17, 15) is 14.7 Å². The summed E-state index contributed by atoms with van der Waals surface area (Å²) >= 11 is 0. The van der Waals surface area contributed by atoms with Crippen molar-refractivity contribution in [2.45, 2.75) is 57.3 Å². The van der Waals surface area contributed by atoms with Gasteiger partial charge in [0.05, 0.1) is 6.04 Å². The topological polar surface area (TPSA) is 92.9 Å². The van der Waals surface area contributed by atoms with Crippen LogP contribution in [0.25, 0.3) is 0 Å². The van der Waals surface area contributed by atoms with E-state index in [1.807, 2.05) is 0 Å². The Balaban J connectivity index is 2.19. The van der Waals surface area contributed by atoms with Crippen LogP contribution < -0.4 is 5.73 Å². The van der Waals surface area contributed by atoms with Crippen molar-refractivity contribution in [2.24, 2.45) is 11.7 Å². The van der Waals surface area contributed by atoms with E-state index in [1.165, 1.54) is 4.90 Å². The molecule has 1 saturated carbocycles. The highest BCUT2D eigenvalue weighted by Crippen LogP contribution is 2.42. The van der Waals surface area contributed by atoms with Crippen molar-refractivity contribution in [3.63, 3.8) is 0 Å². The minimum Gasteiger partial charge on any atom is -0.480 e. The second kappa shape index (κ2) is 4.12. The summed E-state index contributed by atoms with van der Waals surface area (Å²) in [6, 6.07) is -1.13. The van der Waals surface area contributed by atoms with E-state index >= 15 is 0 Å². The first-order valence-electron chi connectivity index (χ1n) is 6.20. The fraction of sp³-hybridized carbons (Fsp3) is 0.833. The summed E-state index contributed by atoms with van der Waals surface area (Å²) in [6.07, 6.45) is 0.760. The van der Waals surface area contributed by atoms with Crippen molar-refractivity contribution in [1.82, 2.24) is 4.90 Å². The Labute approximate surface area is 106 Å². The number of nitrogens with zero attached hydrogens (tertiary/aromatic N) is 1. The number of amides is 1. The van der Waals surface area contributed by atoms with E-state index in [0.717, 1.165) is 0 Å². The highest BCUT2D eigenvalue weighted by molar-refractivity contribution is 5.82. The quantitative estimate of drug-likeness (QED) is 0.723. The molecule has 2 aliphatic rings. The zero-order valence-electron chi connectivity index (χ0n) is 10.9. The molecule has 1 aliphatic heterocycles. The summed E-state index contributed by atoms with van der Waals surface area (Å²) in [5.41, 5.74) is 5.30. The second-order valence-corrected chi connectivity index (χ2v) is 6.13. The lowest BCUT2D eigenvalue weighted by molar-refractivity contribution is -0.144. The number of nitrogens with two attached hydrogens (primary N) is 1. The molecule has 1 aliphatic carbocycles. The molecule has 2 rings (SSSR count). The molecular weight excluding hydrogens is 236 g/mol. The lowest BCUT2D eigenvalue weighted by Crippen LogP contribution is -2.56. The van der Waals surface area contributed by atoms with Crippen LogP contribution in [0, 0.1) is 5.92 Å². The average Bonchev–Trinajstić information content (AvgIpc) is 2.69. The zero-order valence-corrected chi connectivity index (χ0v) is 10.9. The van der Waals surface area contributed by atoms with E-state index in [0.29, 0.717) is 12.8 Å². The number of piperidine rings is 1. The van der Waals surface area contributed by atoms with Crippen molar-refractivity contribution in [2.75, 3.05) is 0 Å². The first-order chi connectivity index (χ1) is 8.20. The van der Waals surface area contributed by atoms with Gasteiger partial charge in [-0.15, -0.1) is 0 Å². The Morgan fingerprint density at radius 1 is 1.33 bits per heavy atom. The van der Waals surface area contributed by atoms with Crippen molar-refractivity contribution in [3.8, 4) is 0 Å². The number of hydrogen-bond acceptors (Lipinski definition) is 4. The van der Waals surface area contributed by atoms with Gasteiger partial charge in [-0.05, 0) is 39.5 Å². The molecule has 0 radical (unpaired) electrons. The molecule has 1 saturated heterocycles. The van der Waals surface area contributed by atoms with Crippen LogP contribution in [0.1, 0.15) is 33.6 Å². The number of ether oxygens (including phenoxy) is 1. The Morgan fingerprint density at radius 2 is 1.94 bits per heavy atom. The molecule has 6 heteroatoms. The summed E-state index contributed by atoms with van der Waals surface area (Å²) in [5, 5.41) is 9.25. The van der Waals surface area contributed by atoms with Gasteiger partial charge in [-0.25, -0.2) is 9.59 Å². The minimum atomic E-state index is -0.972. The maximum Gasteiger partial charge on any atom is 0.411 e. The normalized spacial score (nSPS) is 34.8. The van der Waals surface area contributed by atoms with Crippen LogP contribution in [0.15, 0.2) is 0 Å². The summed E-state index contributed by atoms with van der Waals surface area (Å²) < 4.78 is 5.27. The number of carboxylic acid groups (broad SMARTS) is 1. The van der Waals surface area contributed by atoms with Gasteiger partial charge in [-0.3, -0.25) is 4.90 Å². The first-order valence-corrected chi connectivity index (χ1v) is 6.20. The Morgan fingerprint density at radius 3 is 2.44 bits per heavy atom. The third-order valence-corrected chi connectivity index (χ3v) is 3.57. The number of rotatable bonds is 1. The van der Waals surface area contributed by atoms with Crippen molar-refractivity contribution in [1.29, 1.82) is 0 Å². The Hall–Kier alpha value is -1.30. The SMILES string of the molecule is CC(C)(C)OC(=O)N1[C@@H]2C[C@@H](C[C@H]2N)[C@H]1C(=O)O. The highest BCUT2D eigenvalue weighted by atomic mass is 16.6. The van der Waals surface area contributed by atoms with E-state index < -0.39 is 23.7 Å². The zero-order chi connectivity index (χ0) is 13.7. The molecular formula is C12H20N2O4. The molecule has 6 nitrogen and oxygen atoms in total. The largest absolute Gasteiger partial charge is 0.480 e. The molecule has 18 heavy (non-hydrogen) atoms. The molecule has 102 valence electrons. The molecule has 2 bridgehead atoms. The van der Waals surface area contributed by atoms with Gasteiger partial charge < -0.3 is 15.6 Å². The van der Waals surface area contributed by atoms with Crippen LogP contribution in [0.5, 0.6) is 0 Å². The minimum absolute atomic E-state index is 0.0463. The summed E-state index contributed by atoms with van der Waals surface area (Å²) in [6.45, 7) is 5.28. The third-order valence-electron chi connectivity index (χ3n) is 3.57.